The van der Waals surface area contributed by atoms with Crippen LogP contribution in [-0.2, 0) is 10.2 Å². The highest BCUT2D eigenvalue weighted by atomic mass is 35.5. The molecule has 2 atom stereocenters. The van der Waals surface area contributed by atoms with Gasteiger partial charge in [-0.1, -0.05) is 26.3 Å². The summed E-state index contributed by atoms with van der Waals surface area (Å²) in [4.78, 5) is 12.2. The van der Waals surface area contributed by atoms with E-state index in [-0.39, 0.29) is 29.8 Å². The highest BCUT2D eigenvalue weighted by molar-refractivity contribution is 5.85. The topological polar surface area (TPSA) is 73.6 Å². The van der Waals surface area contributed by atoms with Crippen molar-refractivity contribution < 1.29 is 14.3 Å². The first kappa shape index (κ1) is 21.6. The molecule has 0 unspecified atom stereocenters. The summed E-state index contributed by atoms with van der Waals surface area (Å²) < 4.78 is 10.7. The molecule has 0 heterocycles. The predicted molar refractivity (Wildman–Crippen MR) is 103 cm³/mol. The van der Waals surface area contributed by atoms with E-state index in [4.69, 9.17) is 15.2 Å². The van der Waals surface area contributed by atoms with Gasteiger partial charge in [-0.15, -0.1) is 12.4 Å². The molecule has 3 N–H and O–H groups in total. The Balaban J connectivity index is 0.00000312. The fourth-order valence-corrected chi connectivity index (χ4v) is 3.31. The number of rotatable bonds is 7. The molecule has 0 spiro atoms. The summed E-state index contributed by atoms with van der Waals surface area (Å²) in [5, 5.41) is 3.07. The van der Waals surface area contributed by atoms with E-state index in [1.54, 1.807) is 14.2 Å². The van der Waals surface area contributed by atoms with Crippen molar-refractivity contribution in [1.29, 1.82) is 0 Å². The van der Waals surface area contributed by atoms with E-state index < -0.39 is 0 Å². The molecule has 25 heavy (non-hydrogen) atoms. The van der Waals surface area contributed by atoms with Crippen molar-refractivity contribution in [2.75, 3.05) is 20.8 Å². The third-order valence-electron chi connectivity index (χ3n) is 5.06. The molecule has 1 aliphatic rings. The first-order valence-electron chi connectivity index (χ1n) is 8.62. The molecule has 0 aromatic heterocycles. The predicted octanol–water partition coefficient (Wildman–Crippen LogP) is 3.04. The van der Waals surface area contributed by atoms with Gasteiger partial charge in [-0.25, -0.2) is 0 Å². The van der Waals surface area contributed by atoms with E-state index >= 15 is 0 Å². The lowest BCUT2D eigenvalue weighted by Crippen LogP contribution is -2.38. The van der Waals surface area contributed by atoms with E-state index in [2.05, 4.69) is 19.2 Å². The lowest BCUT2D eigenvalue weighted by molar-refractivity contribution is -0.122. The van der Waals surface area contributed by atoms with E-state index in [0.29, 0.717) is 30.4 Å². The second-order valence-corrected chi connectivity index (χ2v) is 7.29. The van der Waals surface area contributed by atoms with Crippen molar-refractivity contribution >= 4 is 18.3 Å². The summed E-state index contributed by atoms with van der Waals surface area (Å²) >= 11 is 0. The van der Waals surface area contributed by atoms with Gasteiger partial charge in [-0.2, -0.15) is 0 Å². The van der Waals surface area contributed by atoms with Crippen LogP contribution in [0.3, 0.4) is 0 Å². The largest absolute Gasteiger partial charge is 0.493 e. The van der Waals surface area contributed by atoms with Crippen LogP contribution >= 0.6 is 12.4 Å². The smallest absolute Gasteiger partial charge is 0.220 e. The van der Waals surface area contributed by atoms with Crippen molar-refractivity contribution in [1.82, 2.24) is 5.32 Å². The summed E-state index contributed by atoms with van der Waals surface area (Å²) in [5.41, 5.74) is 6.95. The van der Waals surface area contributed by atoms with Crippen LogP contribution in [0.2, 0.25) is 0 Å². The van der Waals surface area contributed by atoms with E-state index in [9.17, 15) is 4.79 Å². The molecule has 1 aliphatic carbocycles. The molecule has 0 aliphatic heterocycles. The van der Waals surface area contributed by atoms with Crippen LogP contribution in [-0.4, -0.2) is 32.7 Å². The first-order valence-corrected chi connectivity index (χ1v) is 8.62. The number of hydrogen-bond acceptors (Lipinski definition) is 4. The Morgan fingerprint density at radius 3 is 2.48 bits per heavy atom. The number of methoxy groups -OCH3 is 2. The fourth-order valence-electron chi connectivity index (χ4n) is 3.31. The second-order valence-electron chi connectivity index (χ2n) is 7.29. The molecule has 0 radical (unpaired) electrons. The molecule has 1 fully saturated rings. The molecule has 1 amide bonds. The molecule has 6 heteroatoms. The van der Waals surface area contributed by atoms with Gasteiger partial charge in [0.05, 0.1) is 14.2 Å². The average Bonchev–Trinajstić information content (AvgIpc) is 2.97. The fraction of sp³-hybridized carbons (Fsp3) is 0.632. The van der Waals surface area contributed by atoms with E-state index in [0.717, 1.165) is 24.8 Å². The normalized spacial score (nSPS) is 19.9. The monoisotopic (exact) mass is 370 g/mol. The number of halogens is 1. The van der Waals surface area contributed by atoms with Crippen LogP contribution in [0.25, 0.3) is 0 Å². The number of nitrogens with one attached hydrogen (secondary N) is 1. The van der Waals surface area contributed by atoms with Gasteiger partial charge in [0, 0.05) is 24.4 Å². The zero-order valence-electron chi connectivity index (χ0n) is 15.6. The highest BCUT2D eigenvalue weighted by Gasteiger charge is 2.27. The molecule has 2 rings (SSSR count). The summed E-state index contributed by atoms with van der Waals surface area (Å²) in [7, 11) is 3.25. The number of carbonyl (C=O) groups is 1. The Bertz CT molecular complexity index is 578. The summed E-state index contributed by atoms with van der Waals surface area (Å²) in [6.45, 7) is 4.79. The third kappa shape index (κ3) is 5.51. The standard InChI is InChI=1S/C19H30N2O3.ClH/c1-19(2,14-8-9-16(23-3)17(11-14)24-4)12-21-18(22)10-13-6-5-7-15(13)20;/h8-9,11,13,15H,5-7,10,12,20H2,1-4H3,(H,21,22);1H/t13-,15+;/m0./s1. The molecular weight excluding hydrogens is 340 g/mol. The van der Waals surface area contributed by atoms with Crippen molar-refractivity contribution in [2.24, 2.45) is 11.7 Å². The molecule has 1 aromatic carbocycles. The molecule has 142 valence electrons. The molecular formula is C19H31ClN2O3. The van der Waals surface area contributed by atoms with Gasteiger partial charge in [-0.3, -0.25) is 4.79 Å². The van der Waals surface area contributed by atoms with Crippen molar-refractivity contribution in [3.8, 4) is 11.5 Å². The number of hydrogen-bond donors (Lipinski definition) is 2. The van der Waals surface area contributed by atoms with Crippen LogP contribution < -0.4 is 20.5 Å². The number of amides is 1. The van der Waals surface area contributed by atoms with Gasteiger partial charge in [0.1, 0.15) is 0 Å². The molecule has 5 nitrogen and oxygen atoms in total. The van der Waals surface area contributed by atoms with Gasteiger partial charge >= 0.3 is 0 Å². The maximum atomic E-state index is 12.2. The molecule has 0 saturated heterocycles. The molecule has 1 saturated carbocycles. The maximum Gasteiger partial charge on any atom is 0.220 e. The minimum atomic E-state index is -0.201. The summed E-state index contributed by atoms with van der Waals surface area (Å²) in [5.74, 6) is 1.82. The van der Waals surface area contributed by atoms with Gasteiger partial charge in [-0.05, 0) is 36.5 Å². The van der Waals surface area contributed by atoms with E-state index in [1.165, 1.54) is 0 Å². The maximum absolute atomic E-state index is 12.2. The van der Waals surface area contributed by atoms with Gasteiger partial charge in [0.15, 0.2) is 11.5 Å². The quantitative estimate of drug-likeness (QED) is 0.773. The van der Waals surface area contributed by atoms with E-state index in [1.807, 2.05) is 18.2 Å². The average molecular weight is 371 g/mol. The zero-order valence-corrected chi connectivity index (χ0v) is 16.4. The number of benzene rings is 1. The zero-order chi connectivity index (χ0) is 17.7. The lowest BCUT2D eigenvalue weighted by atomic mass is 9.84. The number of carbonyl (C=O) groups excluding carboxylic acids is 1. The minimum absolute atomic E-state index is 0. The SMILES string of the molecule is COc1ccc(C(C)(C)CNC(=O)C[C@@H]2CCC[C@H]2N)cc1OC.Cl. The van der Waals surface area contributed by atoms with Crippen molar-refractivity contribution in [3.63, 3.8) is 0 Å². The molecule has 0 bridgehead atoms. The Kier molecular flexibility index (Phi) is 8.03. The summed E-state index contributed by atoms with van der Waals surface area (Å²) in [6.07, 6.45) is 3.77. The molecule has 1 aromatic rings. The number of ether oxygens (including phenoxy) is 2. The van der Waals surface area contributed by atoms with Gasteiger partial charge in [0.2, 0.25) is 5.91 Å². The Morgan fingerprint density at radius 1 is 1.24 bits per heavy atom. The van der Waals surface area contributed by atoms with Crippen LogP contribution in [0.15, 0.2) is 18.2 Å². The first-order chi connectivity index (χ1) is 11.4. The van der Waals surface area contributed by atoms with Crippen LogP contribution in [0.1, 0.15) is 45.1 Å². The Labute approximate surface area is 157 Å². The van der Waals surface area contributed by atoms with Crippen molar-refractivity contribution in [3.05, 3.63) is 23.8 Å². The Morgan fingerprint density at radius 2 is 1.92 bits per heavy atom. The lowest BCUT2D eigenvalue weighted by Gasteiger charge is -2.27. The van der Waals surface area contributed by atoms with Crippen LogP contribution in [0.5, 0.6) is 11.5 Å². The second kappa shape index (κ2) is 9.30. The third-order valence-corrected chi connectivity index (χ3v) is 5.06. The van der Waals surface area contributed by atoms with Crippen LogP contribution in [0.4, 0.5) is 0 Å². The van der Waals surface area contributed by atoms with Crippen LogP contribution in [0, 0.1) is 5.92 Å². The Hall–Kier alpha value is -1.46. The van der Waals surface area contributed by atoms with Crippen molar-refractivity contribution in [2.45, 2.75) is 51.0 Å². The van der Waals surface area contributed by atoms with Gasteiger partial charge in [0.25, 0.3) is 0 Å². The summed E-state index contributed by atoms with van der Waals surface area (Å²) in [6, 6.07) is 6.06. The minimum Gasteiger partial charge on any atom is -0.493 e. The van der Waals surface area contributed by atoms with Gasteiger partial charge < -0.3 is 20.5 Å². The number of nitrogens with two attached hydrogens (primary N) is 1. The highest BCUT2D eigenvalue weighted by Crippen LogP contribution is 2.33.